The third-order valence-electron chi connectivity index (χ3n) is 2.92. The van der Waals surface area contributed by atoms with Crippen molar-refractivity contribution < 1.29 is 9.18 Å². The number of thioether (sulfide) groups is 1. The van der Waals surface area contributed by atoms with Crippen molar-refractivity contribution in [2.75, 3.05) is 11.1 Å². The van der Waals surface area contributed by atoms with E-state index in [2.05, 4.69) is 15.5 Å². The zero-order chi connectivity index (χ0) is 16.3. The standard InChI is InChI=1S/C14H16ClFN4OS/c1-8(2)13-18-19-14(20(13)3)22-7-12(21)17-9-4-5-11(16)10(15)6-9/h4-6,8H,7H2,1-3H3,(H,17,21). The van der Waals surface area contributed by atoms with Gasteiger partial charge in [-0.15, -0.1) is 10.2 Å². The number of nitrogens with one attached hydrogen (secondary N) is 1. The van der Waals surface area contributed by atoms with Crippen LogP contribution in [0.25, 0.3) is 0 Å². The minimum absolute atomic E-state index is 0.0275. The molecule has 0 atom stereocenters. The van der Waals surface area contributed by atoms with Gasteiger partial charge in [-0.1, -0.05) is 37.2 Å². The van der Waals surface area contributed by atoms with Crippen molar-refractivity contribution in [3.05, 3.63) is 34.9 Å². The minimum Gasteiger partial charge on any atom is -0.325 e. The molecule has 1 N–H and O–H groups in total. The molecule has 8 heteroatoms. The zero-order valence-electron chi connectivity index (χ0n) is 12.4. The number of carbonyl (C=O) groups is 1. The second-order valence-electron chi connectivity index (χ2n) is 5.02. The Morgan fingerprint density at radius 3 is 2.77 bits per heavy atom. The Bertz CT molecular complexity index is 689. The number of aromatic nitrogens is 3. The monoisotopic (exact) mass is 342 g/mol. The molecule has 0 aliphatic carbocycles. The van der Waals surface area contributed by atoms with Gasteiger partial charge in [0, 0.05) is 18.7 Å². The van der Waals surface area contributed by atoms with Gasteiger partial charge in [-0.05, 0) is 18.2 Å². The summed E-state index contributed by atoms with van der Waals surface area (Å²) in [4.78, 5) is 11.9. The summed E-state index contributed by atoms with van der Waals surface area (Å²) in [6.07, 6.45) is 0. The van der Waals surface area contributed by atoms with Crippen LogP contribution in [0, 0.1) is 5.82 Å². The van der Waals surface area contributed by atoms with E-state index in [-0.39, 0.29) is 22.6 Å². The average Bonchev–Trinajstić information content (AvgIpc) is 2.82. The first kappa shape index (κ1) is 16.8. The summed E-state index contributed by atoms with van der Waals surface area (Å²) in [5.41, 5.74) is 0.456. The third kappa shape index (κ3) is 3.98. The Morgan fingerprint density at radius 2 is 2.18 bits per heavy atom. The highest BCUT2D eigenvalue weighted by Crippen LogP contribution is 2.21. The van der Waals surface area contributed by atoms with Crippen molar-refractivity contribution >= 4 is 35.0 Å². The lowest BCUT2D eigenvalue weighted by molar-refractivity contribution is -0.113. The first-order chi connectivity index (χ1) is 10.4. The number of carbonyl (C=O) groups excluding carboxylic acids is 1. The maximum Gasteiger partial charge on any atom is 0.234 e. The third-order valence-corrected chi connectivity index (χ3v) is 4.23. The maximum atomic E-state index is 13.1. The molecule has 0 aliphatic rings. The number of halogens is 2. The molecular formula is C14H16ClFN4OS. The number of benzene rings is 1. The molecule has 2 rings (SSSR count). The van der Waals surface area contributed by atoms with E-state index in [0.29, 0.717) is 10.8 Å². The second-order valence-corrected chi connectivity index (χ2v) is 6.37. The predicted octanol–water partition coefficient (Wildman–Crippen LogP) is 3.46. The van der Waals surface area contributed by atoms with Crippen LogP contribution in [0.5, 0.6) is 0 Å². The first-order valence-electron chi connectivity index (χ1n) is 6.65. The molecule has 1 amide bonds. The average molecular weight is 343 g/mol. The van der Waals surface area contributed by atoms with Crippen molar-refractivity contribution in [3.63, 3.8) is 0 Å². The minimum atomic E-state index is -0.519. The Kier molecular flexibility index (Phi) is 5.42. The summed E-state index contributed by atoms with van der Waals surface area (Å²) in [7, 11) is 1.87. The molecule has 0 radical (unpaired) electrons. The molecule has 1 aromatic carbocycles. The molecule has 118 valence electrons. The summed E-state index contributed by atoms with van der Waals surface area (Å²) >= 11 is 6.96. The van der Waals surface area contributed by atoms with Gasteiger partial charge in [-0.3, -0.25) is 4.79 Å². The fourth-order valence-electron chi connectivity index (χ4n) is 1.86. The molecule has 22 heavy (non-hydrogen) atoms. The number of hydrogen-bond acceptors (Lipinski definition) is 4. The lowest BCUT2D eigenvalue weighted by Crippen LogP contribution is -2.14. The molecule has 1 heterocycles. The van der Waals surface area contributed by atoms with Gasteiger partial charge in [0.15, 0.2) is 5.16 Å². The fraction of sp³-hybridized carbons (Fsp3) is 0.357. The molecule has 0 spiro atoms. The summed E-state index contributed by atoms with van der Waals surface area (Å²) in [6.45, 7) is 4.06. The normalized spacial score (nSPS) is 11.0. The van der Waals surface area contributed by atoms with Gasteiger partial charge in [0.1, 0.15) is 11.6 Å². The number of anilines is 1. The van der Waals surface area contributed by atoms with Crippen molar-refractivity contribution in [2.24, 2.45) is 7.05 Å². The molecule has 1 aromatic heterocycles. The van der Waals surface area contributed by atoms with Gasteiger partial charge >= 0.3 is 0 Å². The van der Waals surface area contributed by atoms with Crippen LogP contribution in [0.4, 0.5) is 10.1 Å². The van der Waals surface area contributed by atoms with E-state index in [1.165, 1.54) is 30.0 Å². The lowest BCUT2D eigenvalue weighted by Gasteiger charge is -2.07. The predicted molar refractivity (Wildman–Crippen MR) is 85.9 cm³/mol. The van der Waals surface area contributed by atoms with E-state index in [0.717, 1.165) is 5.82 Å². The van der Waals surface area contributed by atoms with Crippen molar-refractivity contribution in [1.29, 1.82) is 0 Å². The van der Waals surface area contributed by atoms with Crippen LogP contribution < -0.4 is 5.32 Å². The molecule has 2 aromatic rings. The van der Waals surface area contributed by atoms with E-state index in [4.69, 9.17) is 11.6 Å². The molecule has 0 unspecified atom stereocenters. The molecule has 5 nitrogen and oxygen atoms in total. The van der Waals surface area contributed by atoms with Crippen LogP contribution >= 0.6 is 23.4 Å². The van der Waals surface area contributed by atoms with Crippen molar-refractivity contribution in [2.45, 2.75) is 24.9 Å². The van der Waals surface area contributed by atoms with E-state index >= 15 is 0 Å². The van der Waals surface area contributed by atoms with Gasteiger partial charge in [-0.25, -0.2) is 4.39 Å². The first-order valence-corrected chi connectivity index (χ1v) is 8.02. The Balaban J connectivity index is 1.94. The molecule has 0 saturated carbocycles. The molecular weight excluding hydrogens is 327 g/mol. The summed E-state index contributed by atoms with van der Waals surface area (Å²) in [5.74, 6) is 0.574. The van der Waals surface area contributed by atoms with Crippen molar-refractivity contribution in [3.8, 4) is 0 Å². The fourth-order valence-corrected chi connectivity index (χ4v) is 2.75. The van der Waals surface area contributed by atoms with Gasteiger partial charge in [0.2, 0.25) is 5.91 Å². The summed E-state index contributed by atoms with van der Waals surface area (Å²) < 4.78 is 14.9. The van der Waals surface area contributed by atoms with Crippen LogP contribution in [0.1, 0.15) is 25.6 Å². The van der Waals surface area contributed by atoms with E-state index in [1.807, 2.05) is 25.5 Å². The Hall–Kier alpha value is -1.60. The number of nitrogens with zero attached hydrogens (tertiary/aromatic N) is 3. The second kappa shape index (κ2) is 7.11. The lowest BCUT2D eigenvalue weighted by atomic mass is 10.2. The quantitative estimate of drug-likeness (QED) is 0.845. The SMILES string of the molecule is CC(C)c1nnc(SCC(=O)Nc2ccc(F)c(Cl)c2)n1C. The summed E-state index contributed by atoms with van der Waals surface area (Å²) in [5, 5.41) is 11.5. The van der Waals surface area contributed by atoms with Gasteiger partial charge < -0.3 is 9.88 Å². The van der Waals surface area contributed by atoms with Crippen LogP contribution in [0.15, 0.2) is 23.4 Å². The number of rotatable bonds is 5. The van der Waals surface area contributed by atoms with Gasteiger partial charge in [-0.2, -0.15) is 0 Å². The van der Waals surface area contributed by atoms with Crippen LogP contribution in [0.3, 0.4) is 0 Å². The largest absolute Gasteiger partial charge is 0.325 e. The molecule has 0 saturated heterocycles. The van der Waals surface area contributed by atoms with Gasteiger partial charge in [0.05, 0.1) is 10.8 Å². The maximum absolute atomic E-state index is 13.1. The topological polar surface area (TPSA) is 59.8 Å². The molecule has 0 aliphatic heterocycles. The number of amides is 1. The molecule has 0 fully saturated rings. The van der Waals surface area contributed by atoms with Crippen LogP contribution in [-0.4, -0.2) is 26.4 Å². The highest BCUT2D eigenvalue weighted by Gasteiger charge is 2.13. The van der Waals surface area contributed by atoms with E-state index in [1.54, 1.807) is 0 Å². The Labute approximate surface area is 137 Å². The summed E-state index contributed by atoms with van der Waals surface area (Å²) in [6, 6.07) is 4.05. The van der Waals surface area contributed by atoms with E-state index < -0.39 is 5.82 Å². The van der Waals surface area contributed by atoms with Gasteiger partial charge in [0.25, 0.3) is 0 Å². The van der Waals surface area contributed by atoms with Crippen LogP contribution in [-0.2, 0) is 11.8 Å². The van der Waals surface area contributed by atoms with E-state index in [9.17, 15) is 9.18 Å². The van der Waals surface area contributed by atoms with Crippen LogP contribution in [0.2, 0.25) is 5.02 Å². The zero-order valence-corrected chi connectivity index (χ0v) is 14.0. The van der Waals surface area contributed by atoms with Crippen molar-refractivity contribution in [1.82, 2.24) is 14.8 Å². The smallest absolute Gasteiger partial charge is 0.234 e. The Morgan fingerprint density at radius 1 is 1.45 bits per heavy atom. The molecule has 0 bridgehead atoms. The highest BCUT2D eigenvalue weighted by molar-refractivity contribution is 7.99. The number of hydrogen-bond donors (Lipinski definition) is 1. The highest BCUT2D eigenvalue weighted by atomic mass is 35.5.